The van der Waals surface area contributed by atoms with Crippen LogP contribution in [0.4, 0.5) is 4.79 Å². The fourth-order valence-corrected chi connectivity index (χ4v) is 5.09. The molecule has 1 unspecified atom stereocenters. The Morgan fingerprint density at radius 3 is 2.52 bits per heavy atom. The van der Waals surface area contributed by atoms with E-state index in [1.54, 1.807) is 0 Å². The van der Waals surface area contributed by atoms with Gasteiger partial charge in [0.15, 0.2) is 0 Å². The van der Waals surface area contributed by atoms with Crippen molar-refractivity contribution >= 4 is 17.1 Å². The maximum atomic E-state index is 13.0. The Kier molecular flexibility index (Phi) is 5.28. The molecule has 1 aromatic heterocycles. The first-order chi connectivity index (χ1) is 15.1. The average Bonchev–Trinajstić information content (AvgIpc) is 3.21. The maximum absolute atomic E-state index is 13.0. The molecule has 3 heterocycles. The predicted octanol–water partition coefficient (Wildman–Crippen LogP) is 3.80. The van der Waals surface area contributed by atoms with Crippen LogP contribution in [0.3, 0.4) is 0 Å². The second-order valence-electron chi connectivity index (χ2n) is 8.84. The van der Waals surface area contributed by atoms with E-state index in [0.717, 1.165) is 67.9 Å². The van der Waals surface area contributed by atoms with E-state index in [1.807, 2.05) is 71.0 Å². The molecule has 5 rings (SSSR count). The van der Waals surface area contributed by atoms with Gasteiger partial charge in [-0.3, -0.25) is 0 Å². The molecule has 0 bridgehead atoms. The SMILES string of the molecule is CCN1CC(CCN2CCC(O)(c3ccccc3)CC2)c2nc3ccccc3n2C1=O. The molecule has 1 fully saturated rings. The average molecular weight is 419 g/mol. The molecular formula is C25H30N4O2. The lowest BCUT2D eigenvalue weighted by Gasteiger charge is -2.39. The van der Waals surface area contributed by atoms with Crippen LogP contribution < -0.4 is 0 Å². The number of hydrogen-bond donors (Lipinski definition) is 1. The highest BCUT2D eigenvalue weighted by Gasteiger charge is 2.36. The van der Waals surface area contributed by atoms with Gasteiger partial charge in [0.2, 0.25) is 0 Å². The number of nitrogens with zero attached hydrogens (tertiary/aromatic N) is 4. The number of imidazole rings is 1. The number of rotatable bonds is 5. The van der Waals surface area contributed by atoms with Gasteiger partial charge in [-0.25, -0.2) is 14.3 Å². The molecule has 2 aliphatic heterocycles. The largest absolute Gasteiger partial charge is 0.385 e. The summed E-state index contributed by atoms with van der Waals surface area (Å²) in [6, 6.07) is 18.0. The zero-order valence-corrected chi connectivity index (χ0v) is 18.1. The van der Waals surface area contributed by atoms with E-state index in [1.165, 1.54) is 0 Å². The number of likely N-dealkylation sites (tertiary alicyclic amines) is 1. The lowest BCUT2D eigenvalue weighted by molar-refractivity contribution is -0.0265. The van der Waals surface area contributed by atoms with Crippen molar-refractivity contribution in [1.29, 1.82) is 0 Å². The topological polar surface area (TPSA) is 61.6 Å². The number of aliphatic hydroxyl groups is 1. The smallest absolute Gasteiger partial charge is 0.330 e. The lowest BCUT2D eigenvalue weighted by atomic mass is 9.84. The van der Waals surface area contributed by atoms with E-state index in [9.17, 15) is 9.90 Å². The number of benzene rings is 2. The van der Waals surface area contributed by atoms with Crippen molar-refractivity contribution in [2.24, 2.45) is 0 Å². The molecule has 2 aromatic carbocycles. The fraction of sp³-hybridized carbons (Fsp3) is 0.440. The van der Waals surface area contributed by atoms with Gasteiger partial charge in [-0.15, -0.1) is 0 Å². The van der Waals surface area contributed by atoms with Gasteiger partial charge in [0.25, 0.3) is 0 Å². The number of fused-ring (bicyclic) bond motifs is 3. The van der Waals surface area contributed by atoms with Gasteiger partial charge < -0.3 is 14.9 Å². The van der Waals surface area contributed by atoms with Crippen LogP contribution in [-0.4, -0.2) is 63.2 Å². The number of likely N-dealkylation sites (N-methyl/N-ethyl adjacent to an activating group) is 1. The van der Waals surface area contributed by atoms with Crippen molar-refractivity contribution < 1.29 is 9.90 Å². The molecular weight excluding hydrogens is 388 g/mol. The molecule has 3 aromatic rings. The molecule has 0 radical (unpaired) electrons. The first kappa shape index (κ1) is 20.2. The van der Waals surface area contributed by atoms with E-state index in [4.69, 9.17) is 4.98 Å². The second kappa shape index (κ2) is 8.09. The van der Waals surface area contributed by atoms with Crippen LogP contribution in [0.25, 0.3) is 11.0 Å². The molecule has 31 heavy (non-hydrogen) atoms. The Bertz CT molecular complexity index is 1070. The first-order valence-electron chi connectivity index (χ1n) is 11.4. The Hall–Kier alpha value is -2.70. The van der Waals surface area contributed by atoms with E-state index in [0.29, 0.717) is 6.54 Å². The summed E-state index contributed by atoms with van der Waals surface area (Å²) in [6.45, 7) is 6.17. The number of piperidine rings is 1. The first-order valence-corrected chi connectivity index (χ1v) is 11.4. The molecule has 0 spiro atoms. The number of para-hydroxylation sites is 2. The van der Waals surface area contributed by atoms with Gasteiger partial charge in [0, 0.05) is 32.1 Å². The number of carbonyl (C=O) groups is 1. The van der Waals surface area contributed by atoms with Crippen LogP contribution in [0.2, 0.25) is 0 Å². The molecule has 162 valence electrons. The van der Waals surface area contributed by atoms with Crippen molar-refractivity contribution in [2.45, 2.75) is 37.7 Å². The molecule has 1 atom stereocenters. The van der Waals surface area contributed by atoms with Crippen molar-refractivity contribution in [3.05, 3.63) is 66.0 Å². The Labute approximate surface area is 183 Å². The fourth-order valence-electron chi connectivity index (χ4n) is 5.09. The summed E-state index contributed by atoms with van der Waals surface area (Å²) >= 11 is 0. The van der Waals surface area contributed by atoms with Crippen molar-refractivity contribution in [2.75, 3.05) is 32.7 Å². The normalized spacial score (nSPS) is 21.4. The second-order valence-corrected chi connectivity index (χ2v) is 8.84. The molecule has 1 amide bonds. The van der Waals surface area contributed by atoms with Gasteiger partial charge in [-0.05, 0) is 50.4 Å². The van der Waals surface area contributed by atoms with Gasteiger partial charge in [-0.1, -0.05) is 42.5 Å². The number of aromatic nitrogens is 2. The molecule has 0 aliphatic carbocycles. The highest BCUT2D eigenvalue weighted by atomic mass is 16.3. The highest BCUT2D eigenvalue weighted by Crippen LogP contribution is 2.34. The molecule has 1 N–H and O–H groups in total. The van der Waals surface area contributed by atoms with Gasteiger partial charge >= 0.3 is 6.03 Å². The van der Waals surface area contributed by atoms with Crippen LogP contribution in [-0.2, 0) is 5.60 Å². The maximum Gasteiger partial charge on any atom is 0.330 e. The third-order valence-electron chi connectivity index (χ3n) is 7.02. The summed E-state index contributed by atoms with van der Waals surface area (Å²) in [5, 5.41) is 11.1. The number of hydrogen-bond acceptors (Lipinski definition) is 4. The monoisotopic (exact) mass is 418 g/mol. The van der Waals surface area contributed by atoms with Crippen molar-refractivity contribution in [1.82, 2.24) is 19.4 Å². The van der Waals surface area contributed by atoms with Crippen molar-refractivity contribution in [3.63, 3.8) is 0 Å². The van der Waals surface area contributed by atoms with Crippen LogP contribution in [0.1, 0.15) is 43.5 Å². The summed E-state index contributed by atoms with van der Waals surface area (Å²) < 4.78 is 1.82. The Morgan fingerprint density at radius 1 is 1.06 bits per heavy atom. The third-order valence-corrected chi connectivity index (χ3v) is 7.02. The van der Waals surface area contributed by atoms with Gasteiger partial charge in [-0.2, -0.15) is 0 Å². The molecule has 2 aliphatic rings. The van der Waals surface area contributed by atoms with E-state index in [-0.39, 0.29) is 11.9 Å². The van der Waals surface area contributed by atoms with Crippen LogP contribution in [0, 0.1) is 0 Å². The predicted molar refractivity (Wildman–Crippen MR) is 121 cm³/mol. The van der Waals surface area contributed by atoms with Crippen LogP contribution in [0.5, 0.6) is 0 Å². The van der Waals surface area contributed by atoms with Crippen LogP contribution >= 0.6 is 0 Å². The third kappa shape index (κ3) is 3.64. The summed E-state index contributed by atoms with van der Waals surface area (Å²) in [5.74, 6) is 1.12. The highest BCUT2D eigenvalue weighted by molar-refractivity contribution is 5.91. The van der Waals surface area contributed by atoms with E-state index in [2.05, 4.69) is 4.90 Å². The minimum Gasteiger partial charge on any atom is -0.385 e. The molecule has 1 saturated heterocycles. The number of carbonyl (C=O) groups excluding carboxylic acids is 1. The van der Waals surface area contributed by atoms with E-state index < -0.39 is 5.60 Å². The van der Waals surface area contributed by atoms with E-state index >= 15 is 0 Å². The molecule has 6 heteroatoms. The number of amides is 1. The van der Waals surface area contributed by atoms with Gasteiger partial charge in [0.1, 0.15) is 5.82 Å². The minimum absolute atomic E-state index is 0.0355. The molecule has 0 saturated carbocycles. The zero-order valence-electron chi connectivity index (χ0n) is 18.1. The summed E-state index contributed by atoms with van der Waals surface area (Å²) in [7, 11) is 0. The summed E-state index contributed by atoms with van der Waals surface area (Å²) in [6.07, 6.45) is 2.45. The Balaban J connectivity index is 1.29. The van der Waals surface area contributed by atoms with Crippen LogP contribution in [0.15, 0.2) is 54.6 Å². The van der Waals surface area contributed by atoms with Gasteiger partial charge in [0.05, 0.1) is 16.6 Å². The Morgan fingerprint density at radius 2 is 1.77 bits per heavy atom. The molecule has 6 nitrogen and oxygen atoms in total. The van der Waals surface area contributed by atoms with Crippen molar-refractivity contribution in [3.8, 4) is 0 Å². The summed E-state index contributed by atoms with van der Waals surface area (Å²) in [5.41, 5.74) is 2.09. The lowest BCUT2D eigenvalue weighted by Crippen LogP contribution is -2.46. The quantitative estimate of drug-likeness (QED) is 0.685. The summed E-state index contributed by atoms with van der Waals surface area (Å²) in [4.78, 5) is 22.2. The zero-order chi connectivity index (χ0) is 21.4. The minimum atomic E-state index is -0.720. The standard InChI is InChI=1S/C25H30N4O2/c1-2-28-18-19(23-26-21-10-6-7-11-22(21)29(23)24(28)30)12-15-27-16-13-25(31,14-17-27)20-8-4-3-5-9-20/h3-11,19,31H,2,12-18H2,1H3.